The molecule has 1 aromatic rings. The van der Waals surface area contributed by atoms with Gasteiger partial charge in [-0.05, 0) is 37.3 Å². The Bertz CT molecular complexity index is 508. The maximum Gasteiger partial charge on any atom is 0.244 e. The summed E-state index contributed by atoms with van der Waals surface area (Å²) in [7, 11) is 0. The van der Waals surface area contributed by atoms with Crippen LogP contribution >= 0.6 is 11.8 Å². The Hall–Kier alpha value is -1.07. The number of halogens is 1. The zero-order chi connectivity index (χ0) is 15.6. The first-order valence-corrected chi connectivity index (χ1v) is 8.57. The van der Waals surface area contributed by atoms with Crippen molar-refractivity contribution in [2.24, 2.45) is 0 Å². The van der Waals surface area contributed by atoms with Gasteiger partial charge in [0.15, 0.2) is 0 Å². The second-order valence-electron chi connectivity index (χ2n) is 5.79. The number of thioether (sulfide) groups is 1. The number of carbonyl (C=O) groups is 1. The van der Waals surface area contributed by atoms with Gasteiger partial charge in [0, 0.05) is 11.8 Å². The molecule has 3 unspecified atom stereocenters. The molecular formula is C16H23FN2OS. The van der Waals surface area contributed by atoms with Crippen LogP contribution in [0.3, 0.4) is 0 Å². The molecule has 0 aromatic heterocycles. The molecule has 1 N–H and O–H groups in total. The van der Waals surface area contributed by atoms with E-state index in [9.17, 15) is 9.18 Å². The zero-order valence-corrected chi connectivity index (χ0v) is 13.8. The largest absolute Gasteiger partial charge is 0.320 e. The lowest BCUT2D eigenvalue weighted by molar-refractivity contribution is -0.133. The fraction of sp³-hybridized carbons (Fsp3) is 0.562. The third-order valence-electron chi connectivity index (χ3n) is 4.25. The van der Waals surface area contributed by atoms with Gasteiger partial charge in [0.1, 0.15) is 12.0 Å². The SMILES string of the molecule is CCC1(C)NC(c2ccc(F)cc2)N(CC(C)SC)C1=O. The molecule has 116 valence electrons. The summed E-state index contributed by atoms with van der Waals surface area (Å²) >= 11 is 1.74. The molecule has 1 aliphatic rings. The third-order valence-corrected chi connectivity index (χ3v) is 5.20. The second kappa shape index (κ2) is 6.36. The molecule has 0 bridgehead atoms. The van der Waals surface area contributed by atoms with Gasteiger partial charge in [0.05, 0.1) is 5.54 Å². The van der Waals surface area contributed by atoms with E-state index < -0.39 is 5.54 Å². The van der Waals surface area contributed by atoms with Crippen LogP contribution < -0.4 is 5.32 Å². The monoisotopic (exact) mass is 310 g/mol. The number of rotatable bonds is 5. The highest BCUT2D eigenvalue weighted by molar-refractivity contribution is 7.99. The number of hydrogen-bond donors (Lipinski definition) is 1. The summed E-state index contributed by atoms with van der Waals surface area (Å²) in [6, 6.07) is 6.38. The van der Waals surface area contributed by atoms with Crippen molar-refractivity contribution in [3.63, 3.8) is 0 Å². The molecule has 0 spiro atoms. The van der Waals surface area contributed by atoms with E-state index in [0.717, 1.165) is 12.0 Å². The van der Waals surface area contributed by atoms with Gasteiger partial charge in [-0.25, -0.2) is 4.39 Å². The Kier molecular flexibility index (Phi) is 4.94. The Balaban J connectivity index is 2.31. The molecule has 21 heavy (non-hydrogen) atoms. The number of amides is 1. The van der Waals surface area contributed by atoms with Crippen molar-refractivity contribution >= 4 is 17.7 Å². The second-order valence-corrected chi connectivity index (χ2v) is 7.06. The molecule has 1 saturated heterocycles. The van der Waals surface area contributed by atoms with Gasteiger partial charge < -0.3 is 4.90 Å². The lowest BCUT2D eigenvalue weighted by atomic mass is 9.99. The summed E-state index contributed by atoms with van der Waals surface area (Å²) in [5.41, 5.74) is 0.382. The van der Waals surface area contributed by atoms with E-state index in [0.29, 0.717) is 11.8 Å². The highest BCUT2D eigenvalue weighted by atomic mass is 32.2. The van der Waals surface area contributed by atoms with Crippen molar-refractivity contribution in [1.29, 1.82) is 0 Å². The lowest BCUT2D eigenvalue weighted by Gasteiger charge is -2.26. The molecule has 1 fully saturated rings. The number of nitrogens with one attached hydrogen (secondary N) is 1. The van der Waals surface area contributed by atoms with Crippen molar-refractivity contribution in [3.8, 4) is 0 Å². The maximum atomic E-state index is 13.1. The molecule has 3 atom stereocenters. The van der Waals surface area contributed by atoms with Crippen molar-refractivity contribution in [3.05, 3.63) is 35.6 Å². The Morgan fingerprint density at radius 2 is 2.05 bits per heavy atom. The first-order valence-electron chi connectivity index (χ1n) is 7.28. The van der Waals surface area contributed by atoms with E-state index in [2.05, 4.69) is 12.2 Å². The summed E-state index contributed by atoms with van der Waals surface area (Å²) in [5.74, 6) is -0.134. The predicted octanol–water partition coefficient (Wildman–Crippen LogP) is 3.18. The fourth-order valence-electron chi connectivity index (χ4n) is 2.58. The molecule has 0 radical (unpaired) electrons. The molecule has 1 heterocycles. The first kappa shape index (κ1) is 16.3. The predicted molar refractivity (Wildman–Crippen MR) is 85.7 cm³/mol. The molecule has 0 aliphatic carbocycles. The topological polar surface area (TPSA) is 32.3 Å². The molecule has 1 aliphatic heterocycles. The number of nitrogens with zero attached hydrogens (tertiary/aromatic N) is 1. The molecule has 1 amide bonds. The van der Waals surface area contributed by atoms with Crippen LogP contribution in [-0.2, 0) is 4.79 Å². The molecule has 3 nitrogen and oxygen atoms in total. The van der Waals surface area contributed by atoms with Crippen LogP contribution in [0.25, 0.3) is 0 Å². The molecule has 5 heteroatoms. The number of hydrogen-bond acceptors (Lipinski definition) is 3. The molecule has 0 saturated carbocycles. The van der Waals surface area contributed by atoms with Crippen LogP contribution in [0, 0.1) is 5.82 Å². The van der Waals surface area contributed by atoms with Crippen molar-refractivity contribution in [1.82, 2.24) is 10.2 Å². The fourth-order valence-corrected chi connectivity index (χ4v) is 2.89. The summed E-state index contributed by atoms with van der Waals surface area (Å²) in [4.78, 5) is 14.6. The average molecular weight is 310 g/mol. The summed E-state index contributed by atoms with van der Waals surface area (Å²) < 4.78 is 13.1. The smallest absolute Gasteiger partial charge is 0.244 e. The summed E-state index contributed by atoms with van der Waals surface area (Å²) in [5, 5.41) is 3.79. The molecule has 2 rings (SSSR count). The van der Waals surface area contributed by atoms with Gasteiger partial charge >= 0.3 is 0 Å². The van der Waals surface area contributed by atoms with E-state index in [1.54, 1.807) is 23.9 Å². The minimum atomic E-state index is -0.544. The summed E-state index contributed by atoms with van der Waals surface area (Å²) in [6.45, 7) is 6.75. The highest BCUT2D eigenvalue weighted by Crippen LogP contribution is 2.33. The van der Waals surface area contributed by atoms with Crippen LogP contribution in [0.4, 0.5) is 4.39 Å². The van der Waals surface area contributed by atoms with Crippen LogP contribution in [0.2, 0.25) is 0 Å². The summed E-state index contributed by atoms with van der Waals surface area (Å²) in [6.07, 6.45) is 2.59. The van der Waals surface area contributed by atoms with Crippen molar-refractivity contribution < 1.29 is 9.18 Å². The lowest BCUT2D eigenvalue weighted by Crippen LogP contribution is -2.43. The Morgan fingerprint density at radius 1 is 1.43 bits per heavy atom. The van der Waals surface area contributed by atoms with Crippen molar-refractivity contribution in [2.45, 2.75) is 44.1 Å². The minimum absolute atomic E-state index is 0.125. The third kappa shape index (κ3) is 3.24. The van der Waals surface area contributed by atoms with Gasteiger partial charge in [-0.1, -0.05) is 26.0 Å². The average Bonchev–Trinajstić information content (AvgIpc) is 2.73. The van der Waals surface area contributed by atoms with Gasteiger partial charge in [0.2, 0.25) is 5.91 Å². The van der Waals surface area contributed by atoms with Gasteiger partial charge in [0.25, 0.3) is 0 Å². The van der Waals surface area contributed by atoms with E-state index in [1.807, 2.05) is 25.0 Å². The highest BCUT2D eigenvalue weighted by Gasteiger charge is 2.47. The Labute approximate surface area is 130 Å². The standard InChI is InChI=1S/C16H23FN2OS/c1-5-16(3)15(20)19(10-11(2)21-4)14(18-16)12-6-8-13(17)9-7-12/h6-9,11,14,18H,5,10H2,1-4H3. The molecule has 1 aromatic carbocycles. The number of benzene rings is 1. The zero-order valence-electron chi connectivity index (χ0n) is 13.0. The van der Waals surface area contributed by atoms with Gasteiger partial charge in [-0.3, -0.25) is 10.1 Å². The van der Waals surface area contributed by atoms with Crippen LogP contribution in [0.1, 0.15) is 38.9 Å². The minimum Gasteiger partial charge on any atom is -0.320 e. The normalized spacial score (nSPS) is 27.2. The van der Waals surface area contributed by atoms with Crippen LogP contribution in [0.15, 0.2) is 24.3 Å². The van der Waals surface area contributed by atoms with Crippen LogP contribution in [-0.4, -0.2) is 34.4 Å². The van der Waals surface area contributed by atoms with E-state index in [1.165, 1.54) is 12.1 Å². The molecular weight excluding hydrogens is 287 g/mol. The van der Waals surface area contributed by atoms with Crippen molar-refractivity contribution in [2.75, 3.05) is 12.8 Å². The first-order chi connectivity index (χ1) is 9.91. The van der Waals surface area contributed by atoms with E-state index >= 15 is 0 Å². The maximum absolute atomic E-state index is 13.1. The quantitative estimate of drug-likeness (QED) is 0.906. The van der Waals surface area contributed by atoms with Gasteiger partial charge in [-0.2, -0.15) is 11.8 Å². The Morgan fingerprint density at radius 3 is 2.57 bits per heavy atom. The van der Waals surface area contributed by atoms with Crippen LogP contribution in [0.5, 0.6) is 0 Å². The van der Waals surface area contributed by atoms with Gasteiger partial charge in [-0.15, -0.1) is 0 Å². The van der Waals surface area contributed by atoms with E-state index in [-0.39, 0.29) is 17.9 Å². The number of carbonyl (C=O) groups excluding carboxylic acids is 1. The van der Waals surface area contributed by atoms with E-state index in [4.69, 9.17) is 0 Å².